The highest BCUT2D eigenvalue weighted by Crippen LogP contribution is 2.37. The fourth-order valence-corrected chi connectivity index (χ4v) is 4.45. The fraction of sp³-hybridized carbons (Fsp3) is 0.0385. The van der Waals surface area contributed by atoms with Crippen LogP contribution < -0.4 is 0 Å². The summed E-state index contributed by atoms with van der Waals surface area (Å²) in [4.78, 5) is 4.89. The van der Waals surface area contributed by atoms with E-state index in [4.69, 9.17) is 4.98 Å². The van der Waals surface area contributed by atoms with Crippen molar-refractivity contribution in [1.29, 1.82) is 0 Å². The van der Waals surface area contributed by atoms with Crippen molar-refractivity contribution in [2.75, 3.05) is 0 Å². The second-order valence-electron chi connectivity index (χ2n) is 7.33. The van der Waals surface area contributed by atoms with Gasteiger partial charge in [-0.2, -0.15) is 0 Å². The Morgan fingerprint density at radius 2 is 1.11 bits per heavy atom. The van der Waals surface area contributed by atoms with Gasteiger partial charge in [-0.15, -0.1) is 0 Å². The van der Waals surface area contributed by atoms with E-state index in [1.807, 2.05) is 6.07 Å². The Bertz CT molecular complexity index is 1490. The number of aryl methyl sites for hydroxylation is 1. The van der Waals surface area contributed by atoms with Crippen molar-refractivity contribution in [1.82, 2.24) is 9.55 Å². The molecule has 28 heavy (non-hydrogen) atoms. The van der Waals surface area contributed by atoms with E-state index in [0.717, 1.165) is 22.4 Å². The predicted octanol–water partition coefficient (Wildman–Crippen LogP) is 6.70. The van der Waals surface area contributed by atoms with Crippen LogP contribution in [0.25, 0.3) is 54.7 Å². The maximum Gasteiger partial charge on any atom is 0.140 e. The molecule has 0 amide bonds. The standard InChI is InChI=1S/C26H18N2/c1-28-25-13-7-6-12-24(25)27-26(28)17-14-15-22-20-10-3-2-8-18(20)19-9-4-5-11-21(19)23(22)16-17/h2-16H,1H3. The molecule has 2 heteroatoms. The van der Waals surface area contributed by atoms with Crippen molar-refractivity contribution >= 4 is 43.4 Å². The van der Waals surface area contributed by atoms with Crippen LogP contribution in [0.3, 0.4) is 0 Å². The van der Waals surface area contributed by atoms with Crippen LogP contribution in [-0.4, -0.2) is 9.55 Å². The summed E-state index contributed by atoms with van der Waals surface area (Å²) >= 11 is 0. The van der Waals surface area contributed by atoms with Crippen LogP contribution >= 0.6 is 0 Å². The van der Waals surface area contributed by atoms with E-state index in [2.05, 4.69) is 96.5 Å². The van der Waals surface area contributed by atoms with E-state index in [1.54, 1.807) is 0 Å². The van der Waals surface area contributed by atoms with Gasteiger partial charge < -0.3 is 4.57 Å². The summed E-state index contributed by atoms with van der Waals surface area (Å²) in [6.07, 6.45) is 0. The fourth-order valence-electron chi connectivity index (χ4n) is 4.45. The second kappa shape index (κ2) is 5.67. The average molecular weight is 358 g/mol. The minimum Gasteiger partial charge on any atom is -0.327 e. The highest BCUT2D eigenvalue weighted by atomic mass is 15.1. The van der Waals surface area contributed by atoms with Gasteiger partial charge in [-0.25, -0.2) is 4.98 Å². The van der Waals surface area contributed by atoms with Crippen LogP contribution in [0.1, 0.15) is 0 Å². The zero-order valence-electron chi connectivity index (χ0n) is 15.6. The molecule has 2 nitrogen and oxygen atoms in total. The van der Waals surface area contributed by atoms with Gasteiger partial charge in [0.1, 0.15) is 5.82 Å². The summed E-state index contributed by atoms with van der Waals surface area (Å²) in [5.41, 5.74) is 3.33. The lowest BCUT2D eigenvalue weighted by molar-refractivity contribution is 0.960. The van der Waals surface area contributed by atoms with Crippen molar-refractivity contribution in [3.8, 4) is 11.4 Å². The molecular formula is C26H18N2. The number of benzene rings is 5. The normalized spacial score (nSPS) is 11.8. The number of fused-ring (bicyclic) bond motifs is 7. The van der Waals surface area contributed by atoms with Crippen LogP contribution in [-0.2, 0) is 7.05 Å². The van der Waals surface area contributed by atoms with E-state index >= 15 is 0 Å². The maximum atomic E-state index is 4.89. The molecule has 0 aliphatic carbocycles. The van der Waals surface area contributed by atoms with Crippen LogP contribution in [0.4, 0.5) is 0 Å². The van der Waals surface area contributed by atoms with Gasteiger partial charge in [0.05, 0.1) is 11.0 Å². The minimum atomic E-state index is 1.00. The monoisotopic (exact) mass is 358 g/mol. The molecule has 0 spiro atoms. The molecule has 5 aromatic carbocycles. The molecule has 6 rings (SSSR count). The van der Waals surface area contributed by atoms with E-state index in [9.17, 15) is 0 Å². The molecule has 1 heterocycles. The Balaban J connectivity index is 1.74. The third kappa shape index (κ3) is 2.06. The van der Waals surface area contributed by atoms with Crippen molar-refractivity contribution in [3.05, 3.63) is 91.0 Å². The molecule has 6 aromatic rings. The zero-order chi connectivity index (χ0) is 18.7. The molecule has 132 valence electrons. The van der Waals surface area contributed by atoms with Crippen molar-refractivity contribution in [2.24, 2.45) is 7.05 Å². The molecule has 0 saturated carbocycles. The topological polar surface area (TPSA) is 17.8 Å². The van der Waals surface area contributed by atoms with Gasteiger partial charge in [0.15, 0.2) is 0 Å². The number of aromatic nitrogens is 2. The predicted molar refractivity (Wildman–Crippen MR) is 119 cm³/mol. The van der Waals surface area contributed by atoms with Crippen LogP contribution in [0, 0.1) is 0 Å². The van der Waals surface area contributed by atoms with Gasteiger partial charge in [-0.1, -0.05) is 72.8 Å². The summed E-state index contributed by atoms with van der Waals surface area (Å²) in [7, 11) is 2.09. The number of nitrogens with zero attached hydrogens (tertiary/aromatic N) is 2. The molecule has 0 fully saturated rings. The first-order chi connectivity index (χ1) is 13.8. The van der Waals surface area contributed by atoms with Crippen LogP contribution in [0.2, 0.25) is 0 Å². The minimum absolute atomic E-state index is 1.00. The van der Waals surface area contributed by atoms with Gasteiger partial charge in [0.2, 0.25) is 0 Å². The van der Waals surface area contributed by atoms with E-state index in [-0.39, 0.29) is 0 Å². The molecule has 0 unspecified atom stereocenters. The Kier molecular flexibility index (Phi) is 3.12. The second-order valence-corrected chi connectivity index (χ2v) is 7.33. The van der Waals surface area contributed by atoms with Crippen LogP contribution in [0.5, 0.6) is 0 Å². The summed E-state index contributed by atoms with van der Waals surface area (Å²) in [5, 5.41) is 7.76. The molecule has 0 aliphatic rings. The summed E-state index contributed by atoms with van der Waals surface area (Å²) in [5.74, 6) is 1.00. The van der Waals surface area contributed by atoms with Gasteiger partial charge in [-0.3, -0.25) is 0 Å². The first-order valence-electron chi connectivity index (χ1n) is 9.56. The lowest BCUT2D eigenvalue weighted by atomic mass is 9.93. The summed E-state index contributed by atoms with van der Waals surface area (Å²) in [6, 6.07) is 32.4. The molecule has 0 N–H and O–H groups in total. The van der Waals surface area contributed by atoms with Gasteiger partial charge >= 0.3 is 0 Å². The van der Waals surface area contributed by atoms with Crippen molar-refractivity contribution < 1.29 is 0 Å². The largest absolute Gasteiger partial charge is 0.327 e. The van der Waals surface area contributed by atoms with E-state index in [0.29, 0.717) is 0 Å². The highest BCUT2D eigenvalue weighted by Gasteiger charge is 2.13. The number of hydrogen-bond acceptors (Lipinski definition) is 1. The maximum absolute atomic E-state index is 4.89. The van der Waals surface area contributed by atoms with Crippen molar-refractivity contribution in [2.45, 2.75) is 0 Å². The Morgan fingerprint density at radius 3 is 1.75 bits per heavy atom. The first kappa shape index (κ1) is 15.4. The summed E-state index contributed by atoms with van der Waals surface area (Å²) in [6.45, 7) is 0. The SMILES string of the molecule is Cn1c(-c2ccc3c4ccccc4c4ccccc4c3c2)nc2ccccc21. The molecule has 0 bridgehead atoms. The van der Waals surface area contributed by atoms with Gasteiger partial charge in [0.25, 0.3) is 0 Å². The Hall–Kier alpha value is -3.65. The zero-order valence-corrected chi connectivity index (χ0v) is 15.6. The number of para-hydroxylation sites is 2. The molecular weight excluding hydrogens is 340 g/mol. The summed E-state index contributed by atoms with van der Waals surface area (Å²) < 4.78 is 2.18. The third-order valence-corrected chi connectivity index (χ3v) is 5.79. The van der Waals surface area contributed by atoms with Gasteiger partial charge in [0, 0.05) is 12.6 Å². The van der Waals surface area contributed by atoms with E-state index in [1.165, 1.54) is 32.3 Å². The average Bonchev–Trinajstić information content (AvgIpc) is 3.10. The molecule has 0 aliphatic heterocycles. The molecule has 0 radical (unpaired) electrons. The molecule has 1 aromatic heterocycles. The number of hydrogen-bond donors (Lipinski definition) is 0. The first-order valence-corrected chi connectivity index (χ1v) is 9.56. The smallest absolute Gasteiger partial charge is 0.140 e. The molecule has 0 saturated heterocycles. The van der Waals surface area contributed by atoms with E-state index < -0.39 is 0 Å². The third-order valence-electron chi connectivity index (χ3n) is 5.79. The Morgan fingerprint density at radius 1 is 0.571 bits per heavy atom. The number of imidazole rings is 1. The van der Waals surface area contributed by atoms with Crippen molar-refractivity contribution in [3.63, 3.8) is 0 Å². The van der Waals surface area contributed by atoms with Gasteiger partial charge in [-0.05, 0) is 50.5 Å². The van der Waals surface area contributed by atoms with Crippen LogP contribution in [0.15, 0.2) is 91.0 Å². The molecule has 0 atom stereocenters. The lowest BCUT2D eigenvalue weighted by Gasteiger charge is -2.12. The highest BCUT2D eigenvalue weighted by molar-refractivity contribution is 6.25. The lowest BCUT2D eigenvalue weighted by Crippen LogP contribution is -1.93. The Labute approximate surface area is 162 Å². The number of rotatable bonds is 1. The quantitative estimate of drug-likeness (QED) is 0.299.